The van der Waals surface area contributed by atoms with Crippen molar-refractivity contribution in [2.45, 2.75) is 25.9 Å². The van der Waals surface area contributed by atoms with Crippen LogP contribution in [0.15, 0.2) is 5.38 Å². The molecule has 0 saturated carbocycles. The van der Waals surface area contributed by atoms with Crippen molar-refractivity contribution >= 4 is 23.2 Å². The zero-order valence-electron chi connectivity index (χ0n) is 11.8. The van der Waals surface area contributed by atoms with Crippen LogP contribution in [0.5, 0.6) is 0 Å². The summed E-state index contributed by atoms with van der Waals surface area (Å²) in [5, 5.41) is 11.5. The standard InChI is InChI=1S/C13H15F3N2O3S/c1-2-10-17-7(6-22-10)3-11(19)18-4-8(12(20)21)9(5-18)13(14,15)16/h6,8-9H,2-5H2,1H3,(H,20,21)/t8-,9-/m1/s1. The summed E-state index contributed by atoms with van der Waals surface area (Å²) in [6, 6.07) is 0. The number of halogens is 3. The fraction of sp³-hybridized carbons (Fsp3) is 0.615. The maximum Gasteiger partial charge on any atom is 0.394 e. The summed E-state index contributed by atoms with van der Waals surface area (Å²) >= 11 is 1.39. The summed E-state index contributed by atoms with van der Waals surface area (Å²) in [6.07, 6.45) is -4.01. The number of carboxylic acids is 1. The highest BCUT2D eigenvalue weighted by molar-refractivity contribution is 7.09. The van der Waals surface area contributed by atoms with Gasteiger partial charge in [-0.05, 0) is 6.42 Å². The van der Waals surface area contributed by atoms with Crippen LogP contribution in [0, 0.1) is 11.8 Å². The SMILES string of the molecule is CCc1nc(CC(=O)N2C[C@@H](C(F)(F)F)[C@H](C(=O)O)C2)cs1. The second kappa shape index (κ2) is 6.23. The van der Waals surface area contributed by atoms with Crippen molar-refractivity contribution in [1.29, 1.82) is 0 Å². The Morgan fingerprint density at radius 2 is 2.14 bits per heavy atom. The molecule has 9 heteroatoms. The van der Waals surface area contributed by atoms with Gasteiger partial charge in [-0.15, -0.1) is 11.3 Å². The summed E-state index contributed by atoms with van der Waals surface area (Å²) in [5.41, 5.74) is 0.509. The second-order valence-electron chi connectivity index (χ2n) is 5.15. The highest BCUT2D eigenvalue weighted by Gasteiger charge is 2.53. The number of carbonyl (C=O) groups excluding carboxylic acids is 1. The van der Waals surface area contributed by atoms with E-state index in [1.807, 2.05) is 6.92 Å². The zero-order chi connectivity index (χ0) is 16.5. The second-order valence-corrected chi connectivity index (χ2v) is 6.10. The van der Waals surface area contributed by atoms with Crippen molar-refractivity contribution in [2.75, 3.05) is 13.1 Å². The van der Waals surface area contributed by atoms with E-state index in [-0.39, 0.29) is 6.42 Å². The largest absolute Gasteiger partial charge is 0.481 e. The summed E-state index contributed by atoms with van der Waals surface area (Å²) < 4.78 is 38.6. The van der Waals surface area contributed by atoms with Gasteiger partial charge >= 0.3 is 12.1 Å². The van der Waals surface area contributed by atoms with Gasteiger partial charge in [-0.25, -0.2) is 4.98 Å². The first-order valence-electron chi connectivity index (χ1n) is 6.73. The van der Waals surface area contributed by atoms with Gasteiger partial charge in [0.25, 0.3) is 0 Å². The maximum absolute atomic E-state index is 12.9. The van der Waals surface area contributed by atoms with Gasteiger partial charge in [-0.1, -0.05) is 6.92 Å². The van der Waals surface area contributed by atoms with Crippen LogP contribution in [0.4, 0.5) is 13.2 Å². The number of rotatable bonds is 4. The van der Waals surface area contributed by atoms with Gasteiger partial charge in [0.15, 0.2) is 0 Å². The number of alkyl halides is 3. The third-order valence-corrected chi connectivity index (χ3v) is 4.69. The molecule has 0 unspecified atom stereocenters. The molecule has 0 aliphatic carbocycles. The number of aliphatic carboxylic acids is 1. The fourth-order valence-electron chi connectivity index (χ4n) is 2.45. The number of aromatic nitrogens is 1. The summed E-state index contributed by atoms with van der Waals surface area (Å²) in [7, 11) is 0. The zero-order valence-corrected chi connectivity index (χ0v) is 12.6. The predicted molar refractivity (Wildman–Crippen MR) is 72.4 cm³/mol. The molecule has 1 aromatic heterocycles. The molecule has 5 nitrogen and oxygen atoms in total. The molecule has 0 aromatic carbocycles. The number of amides is 1. The number of nitrogens with zero attached hydrogens (tertiary/aromatic N) is 2. The van der Waals surface area contributed by atoms with E-state index in [1.54, 1.807) is 5.38 Å². The van der Waals surface area contributed by atoms with Gasteiger partial charge < -0.3 is 10.0 Å². The molecule has 0 radical (unpaired) electrons. The molecular formula is C13H15F3N2O3S. The molecule has 1 amide bonds. The summed E-state index contributed by atoms with van der Waals surface area (Å²) in [4.78, 5) is 28.2. The molecule has 1 aliphatic rings. The van der Waals surface area contributed by atoms with Crippen molar-refractivity contribution in [3.8, 4) is 0 Å². The van der Waals surface area contributed by atoms with E-state index < -0.39 is 43.0 Å². The minimum Gasteiger partial charge on any atom is -0.481 e. The Bertz CT molecular complexity index is 573. The van der Waals surface area contributed by atoms with E-state index in [9.17, 15) is 22.8 Å². The molecule has 1 aliphatic heterocycles. The topological polar surface area (TPSA) is 70.5 Å². The number of carbonyl (C=O) groups is 2. The molecule has 0 bridgehead atoms. The smallest absolute Gasteiger partial charge is 0.394 e. The highest BCUT2D eigenvalue weighted by atomic mass is 32.1. The maximum atomic E-state index is 12.9. The Morgan fingerprint density at radius 3 is 2.59 bits per heavy atom. The Hall–Kier alpha value is -1.64. The lowest BCUT2D eigenvalue weighted by atomic mass is 9.96. The number of likely N-dealkylation sites (tertiary alicyclic amines) is 1. The molecule has 122 valence electrons. The van der Waals surface area contributed by atoms with Gasteiger partial charge in [-0.2, -0.15) is 13.2 Å². The van der Waals surface area contributed by atoms with E-state index in [1.165, 1.54) is 11.3 Å². The lowest BCUT2D eigenvalue weighted by molar-refractivity contribution is -0.188. The average Bonchev–Trinajstić information content (AvgIpc) is 3.03. The van der Waals surface area contributed by atoms with Crippen LogP contribution in [0.1, 0.15) is 17.6 Å². The highest BCUT2D eigenvalue weighted by Crippen LogP contribution is 2.37. The van der Waals surface area contributed by atoms with Gasteiger partial charge in [0.05, 0.1) is 29.0 Å². The van der Waals surface area contributed by atoms with Crippen LogP contribution in [-0.2, 0) is 22.4 Å². The van der Waals surface area contributed by atoms with Crippen LogP contribution in [-0.4, -0.2) is 46.1 Å². The number of aryl methyl sites for hydroxylation is 1. The van der Waals surface area contributed by atoms with E-state index in [0.29, 0.717) is 5.69 Å². The number of hydrogen-bond acceptors (Lipinski definition) is 4. The van der Waals surface area contributed by atoms with Crippen LogP contribution >= 0.6 is 11.3 Å². The van der Waals surface area contributed by atoms with Crippen LogP contribution in [0.2, 0.25) is 0 Å². The molecule has 1 saturated heterocycles. The van der Waals surface area contributed by atoms with E-state index in [2.05, 4.69) is 4.98 Å². The number of thiazole rings is 1. The van der Waals surface area contributed by atoms with E-state index in [0.717, 1.165) is 16.3 Å². The Balaban J connectivity index is 2.06. The molecule has 0 spiro atoms. The molecule has 2 heterocycles. The first kappa shape index (κ1) is 16.7. The Labute approximate surface area is 128 Å². The van der Waals surface area contributed by atoms with Gasteiger partial charge in [0, 0.05) is 18.5 Å². The van der Waals surface area contributed by atoms with Crippen LogP contribution < -0.4 is 0 Å². The van der Waals surface area contributed by atoms with Gasteiger partial charge in [-0.3, -0.25) is 9.59 Å². The Kier molecular flexibility index (Phi) is 4.74. The molecule has 1 aromatic rings. The lowest BCUT2D eigenvalue weighted by Crippen LogP contribution is -2.34. The molecule has 1 fully saturated rings. The normalized spacial score (nSPS) is 22.1. The average molecular weight is 336 g/mol. The molecule has 22 heavy (non-hydrogen) atoms. The van der Waals surface area contributed by atoms with Gasteiger partial charge in [0.1, 0.15) is 0 Å². The van der Waals surface area contributed by atoms with Crippen LogP contribution in [0.25, 0.3) is 0 Å². The monoisotopic (exact) mass is 336 g/mol. The first-order valence-corrected chi connectivity index (χ1v) is 7.61. The van der Waals surface area contributed by atoms with E-state index >= 15 is 0 Å². The van der Waals surface area contributed by atoms with E-state index in [4.69, 9.17) is 5.11 Å². The van der Waals surface area contributed by atoms with Crippen molar-refractivity contribution in [1.82, 2.24) is 9.88 Å². The molecule has 1 N–H and O–H groups in total. The molecule has 2 rings (SSSR count). The minimum atomic E-state index is -4.63. The van der Waals surface area contributed by atoms with Gasteiger partial charge in [0.2, 0.25) is 5.91 Å². The van der Waals surface area contributed by atoms with Crippen molar-refractivity contribution in [2.24, 2.45) is 11.8 Å². The molecular weight excluding hydrogens is 321 g/mol. The van der Waals surface area contributed by atoms with Crippen molar-refractivity contribution in [3.63, 3.8) is 0 Å². The summed E-state index contributed by atoms with van der Waals surface area (Å²) in [5.74, 6) is -5.67. The third kappa shape index (κ3) is 3.57. The fourth-order valence-corrected chi connectivity index (χ4v) is 3.19. The molecule has 2 atom stereocenters. The number of hydrogen-bond donors (Lipinski definition) is 1. The quantitative estimate of drug-likeness (QED) is 0.913. The van der Waals surface area contributed by atoms with Crippen molar-refractivity contribution < 1.29 is 27.9 Å². The number of carboxylic acid groups (broad SMARTS) is 1. The van der Waals surface area contributed by atoms with Crippen LogP contribution in [0.3, 0.4) is 0 Å². The first-order chi connectivity index (χ1) is 10.2. The third-order valence-electron chi connectivity index (χ3n) is 3.64. The lowest BCUT2D eigenvalue weighted by Gasteiger charge is -2.18. The Morgan fingerprint density at radius 1 is 1.45 bits per heavy atom. The van der Waals surface area contributed by atoms with Crippen molar-refractivity contribution in [3.05, 3.63) is 16.1 Å². The predicted octanol–water partition coefficient (Wildman–Crippen LogP) is 1.97. The minimum absolute atomic E-state index is 0.104. The summed E-state index contributed by atoms with van der Waals surface area (Å²) in [6.45, 7) is 0.892.